The maximum atomic E-state index is 12.6. The number of hydrogen-bond acceptors (Lipinski definition) is 5. The van der Waals surface area contributed by atoms with Crippen LogP contribution in [-0.2, 0) is 0 Å². The van der Waals surface area contributed by atoms with E-state index in [9.17, 15) is 9.59 Å². The third-order valence-electron chi connectivity index (χ3n) is 3.72. The molecule has 0 aliphatic rings. The first-order valence-electron chi connectivity index (χ1n) is 7.39. The topological polar surface area (TPSA) is 105 Å². The van der Waals surface area contributed by atoms with E-state index in [0.29, 0.717) is 39.5 Å². The van der Waals surface area contributed by atoms with Gasteiger partial charge in [-0.1, -0.05) is 0 Å². The van der Waals surface area contributed by atoms with Crippen LogP contribution in [0.1, 0.15) is 10.4 Å². The number of H-pyrrole nitrogens is 2. The van der Waals surface area contributed by atoms with Crippen molar-refractivity contribution in [3.8, 4) is 17.2 Å². The second kappa shape index (κ2) is 6.60. The van der Waals surface area contributed by atoms with Crippen molar-refractivity contribution in [1.29, 1.82) is 0 Å². The van der Waals surface area contributed by atoms with Gasteiger partial charge >= 0.3 is 5.69 Å². The summed E-state index contributed by atoms with van der Waals surface area (Å²) in [5, 5.41) is 2.77. The van der Waals surface area contributed by atoms with Gasteiger partial charge in [0.15, 0.2) is 11.5 Å². The van der Waals surface area contributed by atoms with Crippen molar-refractivity contribution >= 4 is 22.6 Å². The van der Waals surface area contributed by atoms with Crippen LogP contribution in [0.3, 0.4) is 0 Å². The van der Waals surface area contributed by atoms with Crippen molar-refractivity contribution in [3.05, 3.63) is 46.4 Å². The van der Waals surface area contributed by atoms with Gasteiger partial charge in [0.25, 0.3) is 5.91 Å². The van der Waals surface area contributed by atoms with Crippen LogP contribution in [0.15, 0.2) is 35.1 Å². The Labute approximate surface area is 142 Å². The zero-order valence-corrected chi connectivity index (χ0v) is 13.9. The zero-order valence-electron chi connectivity index (χ0n) is 13.9. The molecule has 3 N–H and O–H groups in total. The molecule has 130 valence electrons. The average Bonchev–Trinajstić information content (AvgIpc) is 2.99. The van der Waals surface area contributed by atoms with Gasteiger partial charge in [0.05, 0.1) is 37.9 Å². The quantitative estimate of drug-likeness (QED) is 0.658. The molecule has 0 fully saturated rings. The number of nitrogens with one attached hydrogen (secondary N) is 3. The summed E-state index contributed by atoms with van der Waals surface area (Å²) in [5.41, 5.74) is 1.78. The van der Waals surface area contributed by atoms with Crippen LogP contribution in [0.2, 0.25) is 0 Å². The van der Waals surface area contributed by atoms with Crippen LogP contribution >= 0.6 is 0 Å². The lowest BCUT2D eigenvalue weighted by Crippen LogP contribution is -2.13. The van der Waals surface area contributed by atoms with Crippen LogP contribution < -0.4 is 25.2 Å². The molecule has 25 heavy (non-hydrogen) atoms. The largest absolute Gasteiger partial charge is 0.496 e. The summed E-state index contributed by atoms with van der Waals surface area (Å²) in [7, 11) is 4.46. The summed E-state index contributed by atoms with van der Waals surface area (Å²) in [4.78, 5) is 29.2. The van der Waals surface area contributed by atoms with Gasteiger partial charge in [-0.05, 0) is 18.2 Å². The van der Waals surface area contributed by atoms with E-state index >= 15 is 0 Å². The number of anilines is 1. The lowest BCUT2D eigenvalue weighted by molar-refractivity contribution is 0.102. The minimum atomic E-state index is -0.380. The van der Waals surface area contributed by atoms with Crippen molar-refractivity contribution in [3.63, 3.8) is 0 Å². The number of aromatic amines is 2. The molecule has 0 saturated carbocycles. The number of hydrogen-bond donors (Lipinski definition) is 3. The summed E-state index contributed by atoms with van der Waals surface area (Å²) < 4.78 is 15.7. The molecular weight excluding hydrogens is 326 g/mol. The van der Waals surface area contributed by atoms with Crippen LogP contribution in [-0.4, -0.2) is 37.2 Å². The number of aromatic nitrogens is 2. The zero-order chi connectivity index (χ0) is 18.0. The highest BCUT2D eigenvalue weighted by Gasteiger charge is 2.18. The van der Waals surface area contributed by atoms with Gasteiger partial charge in [0, 0.05) is 17.8 Å². The van der Waals surface area contributed by atoms with Gasteiger partial charge in [0.1, 0.15) is 5.75 Å². The van der Waals surface area contributed by atoms with E-state index in [1.165, 1.54) is 21.3 Å². The van der Waals surface area contributed by atoms with Gasteiger partial charge in [-0.25, -0.2) is 4.79 Å². The smallest absolute Gasteiger partial charge is 0.323 e. The fourth-order valence-corrected chi connectivity index (χ4v) is 2.52. The minimum Gasteiger partial charge on any atom is -0.496 e. The van der Waals surface area contributed by atoms with Gasteiger partial charge in [-0.2, -0.15) is 0 Å². The van der Waals surface area contributed by atoms with E-state index in [2.05, 4.69) is 15.3 Å². The lowest BCUT2D eigenvalue weighted by Gasteiger charge is -2.14. The molecule has 0 saturated heterocycles. The molecular formula is C17H17N3O5. The van der Waals surface area contributed by atoms with E-state index in [1.54, 1.807) is 30.3 Å². The minimum absolute atomic E-state index is 0.294. The third-order valence-corrected chi connectivity index (χ3v) is 3.72. The molecule has 1 aromatic heterocycles. The molecule has 0 aliphatic heterocycles. The van der Waals surface area contributed by atoms with Crippen molar-refractivity contribution in [2.75, 3.05) is 26.6 Å². The monoisotopic (exact) mass is 343 g/mol. The number of fused-ring (bicyclic) bond motifs is 1. The molecule has 3 rings (SSSR count). The Bertz CT molecular complexity index is 990. The summed E-state index contributed by atoms with van der Waals surface area (Å²) >= 11 is 0. The molecule has 0 bridgehead atoms. The predicted octanol–water partition coefficient (Wildman–Crippen LogP) is 2.13. The fraction of sp³-hybridized carbons (Fsp3) is 0.176. The molecule has 1 amide bonds. The highest BCUT2D eigenvalue weighted by molar-refractivity contribution is 6.07. The third kappa shape index (κ3) is 3.14. The maximum Gasteiger partial charge on any atom is 0.323 e. The van der Waals surface area contributed by atoms with Crippen molar-refractivity contribution in [1.82, 2.24) is 9.97 Å². The van der Waals surface area contributed by atoms with Crippen LogP contribution in [0.25, 0.3) is 11.0 Å². The van der Waals surface area contributed by atoms with Gasteiger partial charge in [-0.15, -0.1) is 0 Å². The molecule has 2 aromatic carbocycles. The maximum absolute atomic E-state index is 12.6. The second-order valence-corrected chi connectivity index (χ2v) is 5.20. The van der Waals surface area contributed by atoms with E-state index in [-0.39, 0.29) is 11.6 Å². The highest BCUT2D eigenvalue weighted by atomic mass is 16.5. The summed E-state index contributed by atoms with van der Waals surface area (Å²) in [6.07, 6.45) is 0. The first-order valence-corrected chi connectivity index (χ1v) is 7.39. The van der Waals surface area contributed by atoms with E-state index in [1.807, 2.05) is 0 Å². The van der Waals surface area contributed by atoms with Crippen molar-refractivity contribution in [2.45, 2.75) is 0 Å². The number of carbonyl (C=O) groups is 1. The summed E-state index contributed by atoms with van der Waals surface area (Å²) in [6.45, 7) is 0. The summed E-state index contributed by atoms with van der Waals surface area (Å²) in [6, 6.07) is 8.19. The van der Waals surface area contributed by atoms with E-state index in [4.69, 9.17) is 14.2 Å². The Morgan fingerprint density at radius 3 is 2.20 bits per heavy atom. The van der Waals surface area contributed by atoms with E-state index < -0.39 is 0 Å². The van der Waals surface area contributed by atoms with Crippen molar-refractivity contribution in [2.24, 2.45) is 0 Å². The molecule has 3 aromatic rings. The van der Waals surface area contributed by atoms with Crippen LogP contribution in [0.4, 0.5) is 5.69 Å². The molecule has 1 heterocycles. The molecule has 0 unspecified atom stereocenters. The van der Waals surface area contributed by atoms with Crippen molar-refractivity contribution < 1.29 is 19.0 Å². The fourth-order valence-electron chi connectivity index (χ4n) is 2.52. The Morgan fingerprint density at radius 2 is 1.52 bits per heavy atom. The Kier molecular flexibility index (Phi) is 4.34. The molecule has 0 spiro atoms. The number of benzene rings is 2. The average molecular weight is 343 g/mol. The van der Waals surface area contributed by atoms with Gasteiger partial charge < -0.3 is 29.5 Å². The van der Waals surface area contributed by atoms with Gasteiger partial charge in [-0.3, -0.25) is 4.79 Å². The summed E-state index contributed by atoms with van der Waals surface area (Å²) in [5.74, 6) is 0.849. The first kappa shape index (κ1) is 16.4. The first-order chi connectivity index (χ1) is 12.0. The van der Waals surface area contributed by atoms with Crippen LogP contribution in [0.5, 0.6) is 17.2 Å². The second-order valence-electron chi connectivity index (χ2n) is 5.20. The predicted molar refractivity (Wildman–Crippen MR) is 93.0 cm³/mol. The Hall–Kier alpha value is -3.42. The number of carbonyl (C=O) groups excluding carboxylic acids is 1. The standard InChI is InChI=1S/C17H17N3O5/c1-23-13-8-15(25-3)14(24-2)7-10(13)16(21)18-9-4-5-11-12(6-9)20-17(22)19-11/h4-8H,1-3H3,(H,18,21)(H2,19,20,22). The highest BCUT2D eigenvalue weighted by Crippen LogP contribution is 2.35. The normalized spacial score (nSPS) is 10.5. The molecule has 0 atom stereocenters. The molecule has 8 nitrogen and oxygen atoms in total. The van der Waals surface area contributed by atoms with Crippen LogP contribution in [0, 0.1) is 0 Å². The SMILES string of the molecule is COc1cc(OC)c(C(=O)Nc2ccc3[nH]c(=O)[nH]c3c2)cc1OC. The number of amides is 1. The lowest BCUT2D eigenvalue weighted by atomic mass is 10.1. The molecule has 8 heteroatoms. The number of imidazole rings is 1. The van der Waals surface area contributed by atoms with Gasteiger partial charge in [0.2, 0.25) is 0 Å². The number of methoxy groups -OCH3 is 3. The molecule has 0 radical (unpaired) electrons. The molecule has 0 aliphatic carbocycles. The Balaban J connectivity index is 1.94. The Morgan fingerprint density at radius 1 is 0.880 bits per heavy atom. The number of rotatable bonds is 5. The number of ether oxygens (including phenoxy) is 3. The van der Waals surface area contributed by atoms with E-state index in [0.717, 1.165) is 0 Å².